The van der Waals surface area contributed by atoms with Crippen molar-refractivity contribution in [2.24, 2.45) is 0 Å². The van der Waals surface area contributed by atoms with E-state index in [9.17, 15) is 4.79 Å². The average Bonchev–Trinajstić information content (AvgIpc) is 2.75. The second kappa shape index (κ2) is 8.18. The second-order valence-corrected chi connectivity index (χ2v) is 6.21. The molecule has 0 unspecified atom stereocenters. The minimum Gasteiger partial charge on any atom is -0.410 e. The fourth-order valence-corrected chi connectivity index (χ4v) is 2.92. The van der Waals surface area contributed by atoms with Gasteiger partial charge in [0.2, 0.25) is 0 Å². The molecule has 0 fully saturated rings. The largest absolute Gasteiger partial charge is 0.417 e. The maximum Gasteiger partial charge on any atom is 0.417 e. The van der Waals surface area contributed by atoms with Crippen molar-refractivity contribution in [3.63, 3.8) is 0 Å². The Morgan fingerprint density at radius 1 is 0.714 bits per heavy atom. The number of ether oxygens (including phenoxy) is 1. The SMILES string of the molecule is O=C(Nc1cc(-c2ccccc2)cc(-c2ccccn2)c1)Oc1ccccc1. The first-order chi connectivity index (χ1) is 13.8. The second-order valence-electron chi connectivity index (χ2n) is 6.21. The Balaban J connectivity index is 1.67. The van der Waals surface area contributed by atoms with E-state index < -0.39 is 6.09 Å². The van der Waals surface area contributed by atoms with Crippen molar-refractivity contribution in [2.45, 2.75) is 0 Å². The van der Waals surface area contributed by atoms with Crippen LogP contribution in [0.25, 0.3) is 22.4 Å². The van der Waals surface area contributed by atoms with Crippen molar-refractivity contribution in [1.82, 2.24) is 4.98 Å². The molecule has 0 atom stereocenters. The van der Waals surface area contributed by atoms with E-state index in [-0.39, 0.29) is 0 Å². The van der Waals surface area contributed by atoms with Crippen LogP contribution in [0.15, 0.2) is 103 Å². The van der Waals surface area contributed by atoms with E-state index in [1.54, 1.807) is 18.3 Å². The molecule has 1 amide bonds. The van der Waals surface area contributed by atoms with E-state index in [4.69, 9.17) is 4.74 Å². The van der Waals surface area contributed by atoms with Gasteiger partial charge in [0.25, 0.3) is 0 Å². The zero-order valence-corrected chi connectivity index (χ0v) is 15.1. The van der Waals surface area contributed by atoms with Gasteiger partial charge in [-0.3, -0.25) is 10.3 Å². The predicted molar refractivity (Wildman–Crippen MR) is 111 cm³/mol. The van der Waals surface area contributed by atoms with Gasteiger partial charge in [-0.05, 0) is 53.6 Å². The lowest BCUT2D eigenvalue weighted by atomic mass is 10.0. The normalized spacial score (nSPS) is 10.3. The summed E-state index contributed by atoms with van der Waals surface area (Å²) in [5.41, 5.74) is 4.43. The molecule has 0 aliphatic heterocycles. The van der Waals surface area contributed by atoms with Crippen molar-refractivity contribution in [2.75, 3.05) is 5.32 Å². The number of aromatic nitrogens is 1. The summed E-state index contributed by atoms with van der Waals surface area (Å²) in [6.07, 6.45) is 1.21. The van der Waals surface area contributed by atoms with Crippen LogP contribution in [0.4, 0.5) is 10.5 Å². The van der Waals surface area contributed by atoms with Gasteiger partial charge in [0.1, 0.15) is 5.75 Å². The number of rotatable bonds is 4. The molecule has 0 saturated carbocycles. The highest BCUT2D eigenvalue weighted by Gasteiger charge is 2.10. The summed E-state index contributed by atoms with van der Waals surface area (Å²) < 4.78 is 5.34. The summed E-state index contributed by atoms with van der Waals surface area (Å²) in [6.45, 7) is 0. The number of para-hydroxylation sites is 1. The molecule has 0 spiro atoms. The molecule has 4 nitrogen and oxygen atoms in total. The van der Waals surface area contributed by atoms with Crippen LogP contribution in [-0.4, -0.2) is 11.1 Å². The fraction of sp³-hybridized carbons (Fsp3) is 0. The Morgan fingerprint density at radius 3 is 2.11 bits per heavy atom. The molecule has 0 aliphatic carbocycles. The molecule has 3 aromatic carbocycles. The third-order valence-electron chi connectivity index (χ3n) is 4.20. The van der Waals surface area contributed by atoms with E-state index in [2.05, 4.69) is 16.4 Å². The predicted octanol–water partition coefficient (Wildman–Crippen LogP) is 6.03. The molecule has 28 heavy (non-hydrogen) atoms. The number of anilines is 1. The smallest absolute Gasteiger partial charge is 0.410 e. The number of nitrogens with one attached hydrogen (secondary N) is 1. The lowest BCUT2D eigenvalue weighted by Crippen LogP contribution is -2.16. The highest BCUT2D eigenvalue weighted by atomic mass is 16.6. The van der Waals surface area contributed by atoms with Gasteiger partial charge >= 0.3 is 6.09 Å². The lowest BCUT2D eigenvalue weighted by Gasteiger charge is -2.11. The molecule has 4 aromatic rings. The third-order valence-corrected chi connectivity index (χ3v) is 4.20. The van der Waals surface area contributed by atoms with Gasteiger partial charge in [0.05, 0.1) is 5.69 Å². The Kier molecular flexibility index (Phi) is 5.11. The van der Waals surface area contributed by atoms with Crippen molar-refractivity contribution < 1.29 is 9.53 Å². The quantitative estimate of drug-likeness (QED) is 0.480. The van der Waals surface area contributed by atoms with Crippen LogP contribution in [0.3, 0.4) is 0 Å². The Bertz CT molecular complexity index is 1010. The van der Waals surface area contributed by atoms with Gasteiger partial charge in [0.15, 0.2) is 0 Å². The highest BCUT2D eigenvalue weighted by Crippen LogP contribution is 2.29. The number of nitrogens with zero attached hydrogens (tertiary/aromatic N) is 1. The van der Waals surface area contributed by atoms with Gasteiger partial charge in [-0.1, -0.05) is 54.6 Å². The lowest BCUT2D eigenvalue weighted by molar-refractivity contribution is 0.215. The number of hydrogen-bond donors (Lipinski definition) is 1. The van der Waals surface area contributed by atoms with Crippen LogP contribution in [0.5, 0.6) is 5.75 Å². The molecule has 1 aromatic heterocycles. The number of carbonyl (C=O) groups excluding carboxylic acids is 1. The molecule has 1 N–H and O–H groups in total. The monoisotopic (exact) mass is 366 g/mol. The first kappa shape index (κ1) is 17.5. The number of amides is 1. The Morgan fingerprint density at radius 2 is 1.39 bits per heavy atom. The summed E-state index contributed by atoms with van der Waals surface area (Å²) >= 11 is 0. The molecule has 0 aliphatic rings. The average molecular weight is 366 g/mol. The van der Waals surface area contributed by atoms with E-state index >= 15 is 0 Å². The van der Waals surface area contributed by atoms with Crippen LogP contribution in [0, 0.1) is 0 Å². The highest BCUT2D eigenvalue weighted by molar-refractivity contribution is 5.89. The van der Waals surface area contributed by atoms with Crippen molar-refractivity contribution >= 4 is 11.8 Å². The van der Waals surface area contributed by atoms with Crippen LogP contribution >= 0.6 is 0 Å². The molecule has 0 saturated heterocycles. The van der Waals surface area contributed by atoms with Crippen LogP contribution in [-0.2, 0) is 0 Å². The third kappa shape index (κ3) is 4.24. The molecule has 4 rings (SSSR count). The minimum absolute atomic E-state index is 0.490. The van der Waals surface area contributed by atoms with E-state index in [0.29, 0.717) is 11.4 Å². The molecule has 136 valence electrons. The van der Waals surface area contributed by atoms with E-state index in [1.807, 2.05) is 78.9 Å². The first-order valence-electron chi connectivity index (χ1n) is 8.94. The zero-order chi connectivity index (χ0) is 19.2. The summed E-state index contributed by atoms with van der Waals surface area (Å²) in [5, 5.41) is 2.82. The first-order valence-corrected chi connectivity index (χ1v) is 8.94. The Labute approximate surface area is 163 Å². The summed E-state index contributed by atoms with van der Waals surface area (Å²) in [5.74, 6) is 0.490. The van der Waals surface area contributed by atoms with E-state index in [1.165, 1.54) is 0 Å². The van der Waals surface area contributed by atoms with Gasteiger partial charge in [-0.25, -0.2) is 4.79 Å². The molecule has 0 radical (unpaired) electrons. The maximum absolute atomic E-state index is 12.3. The standard InChI is InChI=1S/C24H18N2O2/c27-24(28-22-11-5-2-6-12-22)26-21-16-19(18-9-3-1-4-10-18)15-20(17-21)23-13-7-8-14-25-23/h1-17H,(H,26,27). The molecular formula is C24H18N2O2. The fourth-order valence-electron chi connectivity index (χ4n) is 2.92. The van der Waals surface area contributed by atoms with E-state index in [0.717, 1.165) is 22.4 Å². The van der Waals surface area contributed by atoms with Gasteiger partial charge in [-0.15, -0.1) is 0 Å². The van der Waals surface area contributed by atoms with Crippen molar-refractivity contribution in [1.29, 1.82) is 0 Å². The zero-order valence-electron chi connectivity index (χ0n) is 15.1. The van der Waals surface area contributed by atoms with Gasteiger partial charge in [-0.2, -0.15) is 0 Å². The van der Waals surface area contributed by atoms with Crippen molar-refractivity contribution in [3.8, 4) is 28.1 Å². The van der Waals surface area contributed by atoms with Crippen LogP contribution in [0.2, 0.25) is 0 Å². The molecule has 0 bridgehead atoms. The number of carbonyl (C=O) groups is 1. The van der Waals surface area contributed by atoms with Gasteiger partial charge in [0, 0.05) is 17.4 Å². The number of benzene rings is 3. The maximum atomic E-state index is 12.3. The number of pyridine rings is 1. The molecular weight excluding hydrogens is 348 g/mol. The Hall–Kier alpha value is -3.92. The van der Waals surface area contributed by atoms with Crippen molar-refractivity contribution in [3.05, 3.63) is 103 Å². The molecule has 4 heteroatoms. The molecule has 1 heterocycles. The van der Waals surface area contributed by atoms with Gasteiger partial charge < -0.3 is 4.74 Å². The summed E-state index contributed by atoms with van der Waals surface area (Å²) in [6, 6.07) is 30.6. The number of hydrogen-bond acceptors (Lipinski definition) is 3. The topological polar surface area (TPSA) is 51.2 Å². The minimum atomic E-state index is -0.539. The summed E-state index contributed by atoms with van der Waals surface area (Å²) in [4.78, 5) is 16.8. The van der Waals surface area contributed by atoms with Crippen LogP contribution < -0.4 is 10.1 Å². The van der Waals surface area contributed by atoms with Crippen LogP contribution in [0.1, 0.15) is 0 Å². The summed E-state index contributed by atoms with van der Waals surface area (Å²) in [7, 11) is 0.